The average molecular weight is 401 g/mol. The number of carbonyl (C=O) groups excluding carboxylic acids is 3. The van der Waals surface area contributed by atoms with Gasteiger partial charge >= 0.3 is 5.97 Å². The number of anilines is 1. The Labute approximate surface area is 168 Å². The summed E-state index contributed by atoms with van der Waals surface area (Å²) in [7, 11) is 3.05. The van der Waals surface area contributed by atoms with Gasteiger partial charge < -0.3 is 18.6 Å². The molecular weight excluding hydrogens is 378 g/mol. The van der Waals surface area contributed by atoms with Gasteiger partial charge in [0.05, 0.1) is 26.4 Å². The van der Waals surface area contributed by atoms with Gasteiger partial charge in [0.2, 0.25) is 5.88 Å². The van der Waals surface area contributed by atoms with Crippen molar-refractivity contribution in [2.24, 2.45) is 0 Å². The van der Waals surface area contributed by atoms with Crippen molar-refractivity contribution in [2.75, 3.05) is 26.1 Å². The summed E-state index contributed by atoms with van der Waals surface area (Å²) in [6, 6.07) is 5.15. The van der Waals surface area contributed by atoms with Crippen molar-refractivity contribution in [3.63, 3.8) is 0 Å². The van der Waals surface area contributed by atoms with Crippen LogP contribution in [0, 0.1) is 6.92 Å². The molecule has 0 bridgehead atoms. The molecule has 1 heterocycles. The first-order chi connectivity index (χ1) is 13.8. The van der Waals surface area contributed by atoms with Crippen LogP contribution in [0.25, 0.3) is 6.08 Å². The lowest BCUT2D eigenvalue weighted by Crippen LogP contribution is -2.14. The van der Waals surface area contributed by atoms with Gasteiger partial charge in [-0.3, -0.25) is 14.9 Å². The molecule has 154 valence electrons. The van der Waals surface area contributed by atoms with E-state index in [4.69, 9.17) is 18.6 Å². The van der Waals surface area contributed by atoms with Crippen LogP contribution in [-0.2, 0) is 9.53 Å². The number of ketones is 1. The van der Waals surface area contributed by atoms with E-state index < -0.39 is 11.9 Å². The number of aryl methyl sites for hydroxylation is 1. The Hall–Kier alpha value is -3.55. The number of ether oxygens (including phenoxy) is 3. The van der Waals surface area contributed by atoms with Crippen LogP contribution in [-0.4, -0.2) is 38.5 Å². The van der Waals surface area contributed by atoms with Crippen molar-refractivity contribution in [1.29, 1.82) is 0 Å². The Morgan fingerprint density at radius 3 is 2.45 bits per heavy atom. The first-order valence-electron chi connectivity index (χ1n) is 8.84. The SMILES string of the molecule is CCOC(=O)c1c(NC(=O)/C=C/c2cc(OC)ccc2OC)oc(C)c1C(C)=O. The zero-order chi connectivity index (χ0) is 21.6. The van der Waals surface area contributed by atoms with Gasteiger partial charge in [-0.1, -0.05) is 0 Å². The monoisotopic (exact) mass is 401 g/mol. The van der Waals surface area contributed by atoms with Gasteiger partial charge in [0.15, 0.2) is 5.78 Å². The second-order valence-electron chi connectivity index (χ2n) is 5.94. The Bertz CT molecular complexity index is 956. The van der Waals surface area contributed by atoms with Crippen LogP contribution in [0.5, 0.6) is 11.5 Å². The lowest BCUT2D eigenvalue weighted by Gasteiger charge is -2.07. The summed E-state index contributed by atoms with van der Waals surface area (Å²) in [6.45, 7) is 4.59. The second kappa shape index (κ2) is 9.59. The number of hydrogen-bond acceptors (Lipinski definition) is 7. The van der Waals surface area contributed by atoms with Gasteiger partial charge in [0.1, 0.15) is 22.8 Å². The maximum atomic E-state index is 12.4. The molecule has 0 radical (unpaired) electrons. The Morgan fingerprint density at radius 1 is 1.14 bits per heavy atom. The smallest absolute Gasteiger partial charge is 0.344 e. The molecular formula is C21H23NO7. The molecule has 8 nitrogen and oxygen atoms in total. The fourth-order valence-electron chi connectivity index (χ4n) is 2.74. The predicted octanol–water partition coefficient (Wildman–Crippen LogP) is 3.64. The molecule has 0 atom stereocenters. The van der Waals surface area contributed by atoms with Crippen molar-refractivity contribution < 1.29 is 33.0 Å². The first kappa shape index (κ1) is 21.7. The highest BCUT2D eigenvalue weighted by atomic mass is 16.5. The number of rotatable bonds is 8. The molecule has 1 aromatic carbocycles. The number of amides is 1. The van der Waals surface area contributed by atoms with Crippen molar-refractivity contribution in [1.82, 2.24) is 0 Å². The minimum atomic E-state index is -0.747. The highest BCUT2D eigenvalue weighted by Crippen LogP contribution is 2.29. The Morgan fingerprint density at radius 2 is 1.86 bits per heavy atom. The summed E-state index contributed by atoms with van der Waals surface area (Å²) in [6.07, 6.45) is 2.78. The molecule has 2 aromatic rings. The minimum Gasteiger partial charge on any atom is -0.497 e. The van der Waals surface area contributed by atoms with Gasteiger partial charge in [-0.05, 0) is 45.0 Å². The van der Waals surface area contributed by atoms with Crippen molar-refractivity contribution in [3.05, 3.63) is 46.7 Å². The predicted molar refractivity (Wildman–Crippen MR) is 107 cm³/mol. The van der Waals surface area contributed by atoms with E-state index in [0.29, 0.717) is 17.1 Å². The fourth-order valence-corrected chi connectivity index (χ4v) is 2.74. The number of carbonyl (C=O) groups is 3. The van der Waals surface area contributed by atoms with Gasteiger partial charge in [0.25, 0.3) is 5.91 Å². The largest absolute Gasteiger partial charge is 0.497 e. The molecule has 0 aliphatic carbocycles. The summed E-state index contributed by atoms with van der Waals surface area (Å²) in [5.41, 5.74) is 0.599. The average Bonchev–Trinajstić information content (AvgIpc) is 3.02. The number of esters is 1. The topological polar surface area (TPSA) is 104 Å². The number of methoxy groups -OCH3 is 2. The maximum absolute atomic E-state index is 12.4. The molecule has 1 N–H and O–H groups in total. The number of Topliss-reactive ketones (excluding diaryl/α,β-unsaturated/α-hetero) is 1. The number of benzene rings is 1. The van der Waals surface area contributed by atoms with Gasteiger partial charge in [-0.15, -0.1) is 0 Å². The standard InChI is InChI=1S/C21H23NO7/c1-6-28-21(25)19-18(12(2)23)13(3)29-20(19)22-17(24)10-7-14-11-15(26-4)8-9-16(14)27-5/h7-11H,6H2,1-5H3,(H,22,24)/b10-7+. The molecule has 8 heteroatoms. The summed E-state index contributed by atoms with van der Waals surface area (Å²) in [5, 5.41) is 2.48. The Balaban J connectivity index is 2.32. The molecule has 0 aliphatic rings. The highest BCUT2D eigenvalue weighted by Gasteiger charge is 2.28. The quantitative estimate of drug-likeness (QED) is 0.409. The fraction of sp³-hybridized carbons (Fsp3) is 0.286. The third-order valence-corrected chi connectivity index (χ3v) is 4.00. The summed E-state index contributed by atoms with van der Waals surface area (Å²) >= 11 is 0. The molecule has 0 saturated carbocycles. The van der Waals surface area contributed by atoms with Crippen molar-refractivity contribution in [3.8, 4) is 11.5 Å². The van der Waals surface area contributed by atoms with E-state index in [1.165, 1.54) is 40.2 Å². The van der Waals surface area contributed by atoms with Crippen LogP contribution in [0.3, 0.4) is 0 Å². The second-order valence-corrected chi connectivity index (χ2v) is 5.94. The molecule has 1 aromatic heterocycles. The Kier molecular flexibility index (Phi) is 7.19. The van der Waals surface area contributed by atoms with E-state index >= 15 is 0 Å². The molecule has 29 heavy (non-hydrogen) atoms. The van der Waals surface area contributed by atoms with Crippen LogP contribution in [0.2, 0.25) is 0 Å². The van der Waals surface area contributed by atoms with Crippen LogP contribution in [0.1, 0.15) is 45.9 Å². The zero-order valence-electron chi connectivity index (χ0n) is 17.0. The molecule has 1 amide bonds. The molecule has 0 aliphatic heterocycles. The van der Waals surface area contributed by atoms with Crippen LogP contribution in [0.15, 0.2) is 28.7 Å². The third-order valence-electron chi connectivity index (χ3n) is 4.00. The number of furan rings is 1. The van der Waals surface area contributed by atoms with E-state index in [2.05, 4.69) is 5.32 Å². The van der Waals surface area contributed by atoms with E-state index in [9.17, 15) is 14.4 Å². The lowest BCUT2D eigenvalue weighted by atomic mass is 10.1. The number of hydrogen-bond donors (Lipinski definition) is 1. The van der Waals surface area contributed by atoms with Crippen LogP contribution in [0.4, 0.5) is 5.88 Å². The normalized spacial score (nSPS) is 10.7. The van der Waals surface area contributed by atoms with E-state index in [-0.39, 0.29) is 35.2 Å². The van der Waals surface area contributed by atoms with E-state index in [0.717, 1.165) is 0 Å². The molecule has 0 spiro atoms. The highest BCUT2D eigenvalue weighted by molar-refractivity contribution is 6.12. The van der Waals surface area contributed by atoms with Crippen LogP contribution < -0.4 is 14.8 Å². The summed E-state index contributed by atoms with van der Waals surface area (Å²) < 4.78 is 20.9. The molecule has 0 unspecified atom stereocenters. The van der Waals surface area contributed by atoms with Gasteiger partial charge in [-0.2, -0.15) is 0 Å². The first-order valence-corrected chi connectivity index (χ1v) is 8.84. The van der Waals surface area contributed by atoms with Gasteiger partial charge in [-0.25, -0.2) is 4.79 Å². The zero-order valence-corrected chi connectivity index (χ0v) is 17.0. The molecule has 0 saturated heterocycles. The summed E-state index contributed by atoms with van der Waals surface area (Å²) in [4.78, 5) is 36.6. The molecule has 0 fully saturated rings. The minimum absolute atomic E-state index is 0.0807. The molecule has 2 rings (SSSR count). The summed E-state index contributed by atoms with van der Waals surface area (Å²) in [5.74, 6) is -0.454. The number of nitrogens with one attached hydrogen (secondary N) is 1. The third kappa shape index (κ3) is 5.04. The van der Waals surface area contributed by atoms with Crippen LogP contribution >= 0.6 is 0 Å². The van der Waals surface area contributed by atoms with Gasteiger partial charge in [0, 0.05) is 11.6 Å². The lowest BCUT2D eigenvalue weighted by molar-refractivity contribution is -0.111. The van der Waals surface area contributed by atoms with E-state index in [1.54, 1.807) is 25.1 Å². The van der Waals surface area contributed by atoms with Crippen molar-refractivity contribution in [2.45, 2.75) is 20.8 Å². The van der Waals surface area contributed by atoms with Crippen molar-refractivity contribution >= 4 is 29.6 Å². The maximum Gasteiger partial charge on any atom is 0.344 e. The van der Waals surface area contributed by atoms with E-state index in [1.807, 2.05) is 0 Å².